The number of aryl methyl sites for hydroxylation is 1. The molecule has 0 spiro atoms. The molecule has 126 valence electrons. The normalized spacial score (nSPS) is 14.4. The van der Waals surface area contributed by atoms with E-state index in [9.17, 15) is 4.79 Å². The van der Waals surface area contributed by atoms with Crippen molar-refractivity contribution < 1.29 is 13.9 Å². The lowest BCUT2D eigenvalue weighted by atomic mass is 10.1. The summed E-state index contributed by atoms with van der Waals surface area (Å²) in [6, 6.07) is 4.33. The Bertz CT molecular complexity index is 424. The van der Waals surface area contributed by atoms with Gasteiger partial charge >= 0.3 is 6.09 Å². The van der Waals surface area contributed by atoms with Crippen LogP contribution in [0.1, 0.15) is 53.2 Å². The molecule has 2 atom stereocenters. The minimum Gasteiger partial charge on any atom is -0.469 e. The number of furan rings is 1. The van der Waals surface area contributed by atoms with Gasteiger partial charge in [-0.15, -0.1) is 0 Å². The Morgan fingerprint density at radius 3 is 2.68 bits per heavy atom. The van der Waals surface area contributed by atoms with E-state index < -0.39 is 5.60 Å². The number of nitrogens with one attached hydrogen (secondary N) is 2. The van der Waals surface area contributed by atoms with Gasteiger partial charge in [0.25, 0.3) is 0 Å². The van der Waals surface area contributed by atoms with E-state index in [1.54, 1.807) is 6.26 Å². The lowest BCUT2D eigenvalue weighted by Crippen LogP contribution is -2.45. The van der Waals surface area contributed by atoms with Crippen molar-refractivity contribution in [2.45, 2.75) is 71.6 Å². The SMILES string of the molecule is CCC(CNC(C)CCc1ccco1)NC(=O)OC(C)(C)C. The van der Waals surface area contributed by atoms with E-state index in [4.69, 9.17) is 9.15 Å². The van der Waals surface area contributed by atoms with Gasteiger partial charge in [0.1, 0.15) is 11.4 Å². The fourth-order valence-electron chi connectivity index (χ4n) is 2.03. The summed E-state index contributed by atoms with van der Waals surface area (Å²) in [6.45, 7) is 10.5. The van der Waals surface area contributed by atoms with Crippen LogP contribution >= 0.6 is 0 Å². The summed E-state index contributed by atoms with van der Waals surface area (Å²) in [6.07, 6.45) is 4.11. The molecular weight excluding hydrogens is 280 g/mol. The van der Waals surface area contributed by atoms with Crippen molar-refractivity contribution in [2.75, 3.05) is 6.54 Å². The summed E-state index contributed by atoms with van der Waals surface area (Å²) >= 11 is 0. The van der Waals surface area contributed by atoms with E-state index in [-0.39, 0.29) is 12.1 Å². The van der Waals surface area contributed by atoms with Crippen LogP contribution in [0.3, 0.4) is 0 Å². The number of rotatable bonds is 8. The molecule has 0 aliphatic heterocycles. The quantitative estimate of drug-likeness (QED) is 0.771. The van der Waals surface area contributed by atoms with Gasteiger partial charge in [0.15, 0.2) is 0 Å². The second kappa shape index (κ2) is 8.83. The van der Waals surface area contributed by atoms with E-state index in [2.05, 4.69) is 24.5 Å². The Kier molecular flexibility index (Phi) is 7.45. The van der Waals surface area contributed by atoms with Crippen molar-refractivity contribution in [1.29, 1.82) is 0 Å². The van der Waals surface area contributed by atoms with Gasteiger partial charge in [-0.05, 0) is 52.7 Å². The monoisotopic (exact) mass is 310 g/mol. The molecule has 1 rings (SSSR count). The molecule has 0 aliphatic rings. The summed E-state index contributed by atoms with van der Waals surface area (Å²) in [5, 5.41) is 6.36. The predicted octanol–water partition coefficient (Wildman–Crippen LogP) is 3.49. The van der Waals surface area contributed by atoms with Crippen LogP contribution in [0.2, 0.25) is 0 Å². The number of ether oxygens (including phenoxy) is 1. The molecule has 1 heterocycles. The third-order valence-electron chi connectivity index (χ3n) is 3.33. The Balaban J connectivity index is 2.26. The van der Waals surface area contributed by atoms with Gasteiger partial charge in [0, 0.05) is 25.0 Å². The molecule has 22 heavy (non-hydrogen) atoms. The summed E-state index contributed by atoms with van der Waals surface area (Å²) in [5.74, 6) is 1.01. The molecule has 0 saturated carbocycles. The van der Waals surface area contributed by atoms with Crippen LogP contribution in [-0.2, 0) is 11.2 Å². The largest absolute Gasteiger partial charge is 0.469 e. The van der Waals surface area contributed by atoms with E-state index in [1.165, 1.54) is 0 Å². The average Bonchev–Trinajstić information content (AvgIpc) is 2.92. The first kappa shape index (κ1) is 18.6. The van der Waals surface area contributed by atoms with Crippen LogP contribution < -0.4 is 10.6 Å². The highest BCUT2D eigenvalue weighted by Gasteiger charge is 2.19. The van der Waals surface area contributed by atoms with Crippen LogP contribution in [0.15, 0.2) is 22.8 Å². The highest BCUT2D eigenvalue weighted by molar-refractivity contribution is 5.68. The highest BCUT2D eigenvalue weighted by Crippen LogP contribution is 2.08. The van der Waals surface area contributed by atoms with Crippen molar-refractivity contribution >= 4 is 6.09 Å². The highest BCUT2D eigenvalue weighted by atomic mass is 16.6. The first-order valence-corrected chi connectivity index (χ1v) is 8.05. The number of amides is 1. The molecule has 0 radical (unpaired) electrons. The minimum absolute atomic E-state index is 0.0703. The lowest BCUT2D eigenvalue weighted by molar-refractivity contribution is 0.0502. The first-order valence-electron chi connectivity index (χ1n) is 8.05. The maximum atomic E-state index is 11.8. The van der Waals surface area contributed by atoms with Gasteiger partial charge < -0.3 is 19.8 Å². The van der Waals surface area contributed by atoms with E-state index in [1.807, 2.05) is 32.9 Å². The van der Waals surface area contributed by atoms with Crippen LogP contribution in [0.4, 0.5) is 4.79 Å². The van der Waals surface area contributed by atoms with Crippen LogP contribution in [-0.4, -0.2) is 30.3 Å². The van der Waals surface area contributed by atoms with Crippen LogP contribution in [0.25, 0.3) is 0 Å². The number of hydrogen-bond acceptors (Lipinski definition) is 4. The zero-order valence-corrected chi connectivity index (χ0v) is 14.4. The van der Waals surface area contributed by atoms with Crippen LogP contribution in [0.5, 0.6) is 0 Å². The fourth-order valence-corrected chi connectivity index (χ4v) is 2.03. The van der Waals surface area contributed by atoms with Crippen LogP contribution in [0, 0.1) is 0 Å². The minimum atomic E-state index is -0.466. The second-order valence-electron chi connectivity index (χ2n) is 6.68. The zero-order valence-electron chi connectivity index (χ0n) is 14.4. The standard InChI is InChI=1S/C17H30N2O3/c1-6-14(19-16(20)22-17(3,4)5)12-18-13(2)9-10-15-8-7-11-21-15/h7-8,11,13-14,18H,6,9-10,12H2,1-5H3,(H,19,20). The third kappa shape index (κ3) is 8.08. The smallest absolute Gasteiger partial charge is 0.407 e. The van der Waals surface area contributed by atoms with E-state index >= 15 is 0 Å². The Morgan fingerprint density at radius 1 is 1.41 bits per heavy atom. The molecule has 2 N–H and O–H groups in total. The fraction of sp³-hybridized carbons (Fsp3) is 0.706. The van der Waals surface area contributed by atoms with Crippen molar-refractivity contribution in [2.24, 2.45) is 0 Å². The Hall–Kier alpha value is -1.49. The maximum absolute atomic E-state index is 11.8. The number of alkyl carbamates (subject to hydrolysis) is 1. The number of carbonyl (C=O) groups excluding carboxylic acids is 1. The van der Waals surface area contributed by atoms with Gasteiger partial charge in [0.05, 0.1) is 6.26 Å². The topological polar surface area (TPSA) is 63.5 Å². The summed E-state index contributed by atoms with van der Waals surface area (Å²) in [7, 11) is 0. The lowest BCUT2D eigenvalue weighted by Gasteiger charge is -2.24. The molecule has 1 amide bonds. The molecule has 1 aromatic rings. The molecular formula is C17H30N2O3. The maximum Gasteiger partial charge on any atom is 0.407 e. The molecule has 5 heteroatoms. The number of hydrogen-bond donors (Lipinski definition) is 2. The number of carbonyl (C=O) groups is 1. The average molecular weight is 310 g/mol. The Morgan fingerprint density at radius 2 is 2.14 bits per heavy atom. The summed E-state index contributed by atoms with van der Waals surface area (Å²) in [5.41, 5.74) is -0.466. The molecule has 0 aliphatic carbocycles. The van der Waals surface area contributed by atoms with Crippen molar-refractivity contribution in [3.05, 3.63) is 24.2 Å². The van der Waals surface area contributed by atoms with Gasteiger partial charge in [0.2, 0.25) is 0 Å². The second-order valence-corrected chi connectivity index (χ2v) is 6.68. The molecule has 0 bridgehead atoms. The van der Waals surface area contributed by atoms with E-state index in [0.29, 0.717) is 6.04 Å². The van der Waals surface area contributed by atoms with Crippen molar-refractivity contribution in [3.8, 4) is 0 Å². The molecule has 5 nitrogen and oxygen atoms in total. The predicted molar refractivity (Wildman–Crippen MR) is 87.9 cm³/mol. The van der Waals surface area contributed by atoms with Gasteiger partial charge in [-0.1, -0.05) is 6.92 Å². The van der Waals surface area contributed by atoms with Gasteiger partial charge in [-0.25, -0.2) is 4.79 Å². The molecule has 0 aromatic carbocycles. The summed E-state index contributed by atoms with van der Waals surface area (Å²) < 4.78 is 10.6. The molecule has 0 saturated heterocycles. The Labute approximate surface area is 133 Å². The van der Waals surface area contributed by atoms with Gasteiger partial charge in [-0.2, -0.15) is 0 Å². The van der Waals surface area contributed by atoms with Crippen molar-refractivity contribution in [1.82, 2.24) is 10.6 Å². The van der Waals surface area contributed by atoms with Gasteiger partial charge in [-0.3, -0.25) is 0 Å². The first-order chi connectivity index (χ1) is 10.3. The molecule has 2 unspecified atom stereocenters. The zero-order chi connectivity index (χ0) is 16.6. The van der Waals surface area contributed by atoms with E-state index in [0.717, 1.165) is 31.6 Å². The molecule has 1 aromatic heterocycles. The third-order valence-corrected chi connectivity index (χ3v) is 3.33. The summed E-state index contributed by atoms with van der Waals surface area (Å²) in [4.78, 5) is 11.8. The van der Waals surface area contributed by atoms with Crippen molar-refractivity contribution in [3.63, 3.8) is 0 Å². The molecule has 0 fully saturated rings.